The zero-order chi connectivity index (χ0) is 13.8. The molecular formula is C13H20N4O2. The minimum atomic E-state index is -0.473. The topological polar surface area (TPSA) is 81.3 Å². The smallest absolute Gasteiger partial charge is 0.343 e. The van der Waals surface area contributed by atoms with Crippen molar-refractivity contribution < 1.29 is 9.53 Å². The van der Waals surface area contributed by atoms with Crippen molar-refractivity contribution in [3.05, 3.63) is 11.8 Å². The number of nitrogens with two attached hydrogens (primary N) is 1. The quantitative estimate of drug-likeness (QED) is 0.833. The molecule has 2 heterocycles. The van der Waals surface area contributed by atoms with Crippen LogP contribution in [0, 0.1) is 5.92 Å². The van der Waals surface area contributed by atoms with E-state index in [9.17, 15) is 4.79 Å². The van der Waals surface area contributed by atoms with Gasteiger partial charge in [-0.1, -0.05) is 6.92 Å². The predicted molar refractivity (Wildman–Crippen MR) is 73.0 cm³/mol. The van der Waals surface area contributed by atoms with Crippen molar-refractivity contribution in [2.45, 2.75) is 26.7 Å². The van der Waals surface area contributed by atoms with Crippen LogP contribution in [0.2, 0.25) is 0 Å². The van der Waals surface area contributed by atoms with Crippen LogP contribution in [0.5, 0.6) is 0 Å². The van der Waals surface area contributed by atoms with E-state index in [1.807, 2.05) is 0 Å². The van der Waals surface area contributed by atoms with Gasteiger partial charge in [0.05, 0.1) is 6.61 Å². The Labute approximate surface area is 113 Å². The number of esters is 1. The highest BCUT2D eigenvalue weighted by Gasteiger charge is 2.20. The van der Waals surface area contributed by atoms with Gasteiger partial charge in [-0.15, -0.1) is 0 Å². The molecule has 0 spiro atoms. The number of carbonyl (C=O) groups is 1. The molecule has 2 N–H and O–H groups in total. The van der Waals surface area contributed by atoms with Crippen LogP contribution in [0.4, 0.5) is 11.8 Å². The lowest BCUT2D eigenvalue weighted by atomic mass is 10.00. The van der Waals surface area contributed by atoms with Crippen molar-refractivity contribution in [2.75, 3.05) is 30.3 Å². The molecule has 0 unspecified atom stereocenters. The van der Waals surface area contributed by atoms with Gasteiger partial charge in [0, 0.05) is 19.3 Å². The molecule has 0 radical (unpaired) electrons. The Morgan fingerprint density at radius 3 is 2.79 bits per heavy atom. The van der Waals surface area contributed by atoms with E-state index in [2.05, 4.69) is 21.8 Å². The summed E-state index contributed by atoms with van der Waals surface area (Å²) < 4.78 is 4.90. The fourth-order valence-electron chi connectivity index (χ4n) is 2.11. The number of piperidine rings is 1. The summed E-state index contributed by atoms with van der Waals surface area (Å²) >= 11 is 0. The zero-order valence-electron chi connectivity index (χ0n) is 11.4. The monoisotopic (exact) mass is 264 g/mol. The van der Waals surface area contributed by atoms with Crippen molar-refractivity contribution in [3.63, 3.8) is 0 Å². The summed E-state index contributed by atoms with van der Waals surface area (Å²) in [5.74, 6) is 1.05. The summed E-state index contributed by atoms with van der Waals surface area (Å²) in [5.41, 5.74) is 6.04. The molecule has 0 saturated carbocycles. The van der Waals surface area contributed by atoms with Gasteiger partial charge in [-0.05, 0) is 25.7 Å². The maximum absolute atomic E-state index is 11.6. The average Bonchev–Trinajstić information content (AvgIpc) is 2.39. The molecule has 19 heavy (non-hydrogen) atoms. The Kier molecular flexibility index (Phi) is 4.19. The molecule has 6 heteroatoms. The molecular weight excluding hydrogens is 244 g/mol. The summed E-state index contributed by atoms with van der Waals surface area (Å²) in [6, 6.07) is 0. The van der Waals surface area contributed by atoms with Crippen LogP contribution in [-0.4, -0.2) is 35.6 Å². The van der Waals surface area contributed by atoms with Gasteiger partial charge in [0.25, 0.3) is 0 Å². The van der Waals surface area contributed by atoms with Crippen LogP contribution in [0.3, 0.4) is 0 Å². The van der Waals surface area contributed by atoms with Crippen LogP contribution in [0.1, 0.15) is 37.0 Å². The summed E-state index contributed by atoms with van der Waals surface area (Å²) in [6.07, 6.45) is 3.71. The molecule has 0 bridgehead atoms. The SMILES string of the molecule is CCOC(=O)c1cnc(N2CCC(C)CC2)nc1N. The molecule has 1 fully saturated rings. The first kappa shape index (κ1) is 13.6. The fourth-order valence-corrected chi connectivity index (χ4v) is 2.11. The third kappa shape index (κ3) is 3.13. The third-order valence-electron chi connectivity index (χ3n) is 3.37. The van der Waals surface area contributed by atoms with Crippen molar-refractivity contribution in [2.24, 2.45) is 5.92 Å². The normalized spacial score (nSPS) is 16.4. The van der Waals surface area contributed by atoms with Gasteiger partial charge < -0.3 is 15.4 Å². The number of hydrogen-bond acceptors (Lipinski definition) is 6. The van der Waals surface area contributed by atoms with Gasteiger partial charge in [-0.25, -0.2) is 9.78 Å². The Morgan fingerprint density at radius 1 is 1.53 bits per heavy atom. The first-order chi connectivity index (χ1) is 9.11. The first-order valence-electron chi connectivity index (χ1n) is 6.66. The van der Waals surface area contributed by atoms with Crippen molar-refractivity contribution in [3.8, 4) is 0 Å². The molecule has 104 valence electrons. The van der Waals surface area contributed by atoms with Gasteiger partial charge in [-0.2, -0.15) is 4.98 Å². The minimum Gasteiger partial charge on any atom is -0.462 e. The molecule has 2 rings (SSSR count). The van der Waals surface area contributed by atoms with Crippen molar-refractivity contribution in [1.29, 1.82) is 0 Å². The van der Waals surface area contributed by atoms with Crippen LogP contribution in [0.15, 0.2) is 6.20 Å². The number of rotatable bonds is 3. The molecule has 0 amide bonds. The number of hydrogen-bond donors (Lipinski definition) is 1. The van der Waals surface area contributed by atoms with Gasteiger partial charge in [0.2, 0.25) is 5.95 Å². The highest BCUT2D eigenvalue weighted by molar-refractivity contribution is 5.93. The van der Waals surface area contributed by atoms with Crippen LogP contribution >= 0.6 is 0 Å². The first-order valence-corrected chi connectivity index (χ1v) is 6.66. The summed E-state index contributed by atoms with van der Waals surface area (Å²) in [6.45, 7) is 6.16. The van der Waals surface area contributed by atoms with Gasteiger partial charge in [0.1, 0.15) is 11.4 Å². The Balaban J connectivity index is 2.12. The van der Waals surface area contributed by atoms with E-state index in [-0.39, 0.29) is 11.4 Å². The molecule has 6 nitrogen and oxygen atoms in total. The van der Waals surface area contributed by atoms with Crippen molar-refractivity contribution >= 4 is 17.7 Å². The standard InChI is InChI=1S/C13H20N4O2/c1-3-19-12(18)10-8-15-13(16-11(10)14)17-6-4-9(2)5-7-17/h8-9H,3-7H2,1-2H3,(H2,14,15,16). The van der Waals surface area contributed by atoms with E-state index < -0.39 is 5.97 Å². The van der Waals surface area contributed by atoms with Crippen molar-refractivity contribution in [1.82, 2.24) is 9.97 Å². The highest BCUT2D eigenvalue weighted by Crippen LogP contribution is 2.21. The van der Waals surface area contributed by atoms with Gasteiger partial charge >= 0.3 is 5.97 Å². The molecule has 0 aromatic carbocycles. The molecule has 0 aliphatic carbocycles. The molecule has 1 aliphatic rings. The lowest BCUT2D eigenvalue weighted by molar-refractivity contribution is 0.0527. The number of aromatic nitrogens is 2. The van der Waals surface area contributed by atoms with E-state index in [0.717, 1.165) is 31.8 Å². The summed E-state index contributed by atoms with van der Waals surface area (Å²) in [4.78, 5) is 22.1. The third-order valence-corrected chi connectivity index (χ3v) is 3.37. The molecule has 1 aromatic heterocycles. The van der Waals surface area contributed by atoms with Gasteiger partial charge in [-0.3, -0.25) is 0 Å². The average molecular weight is 264 g/mol. The number of anilines is 2. The predicted octanol–water partition coefficient (Wildman–Crippen LogP) is 1.47. The highest BCUT2D eigenvalue weighted by atomic mass is 16.5. The van der Waals surface area contributed by atoms with Crippen LogP contribution < -0.4 is 10.6 Å². The zero-order valence-corrected chi connectivity index (χ0v) is 11.4. The van der Waals surface area contributed by atoms with E-state index in [1.165, 1.54) is 6.20 Å². The molecule has 0 atom stereocenters. The van der Waals surface area contributed by atoms with Crippen LogP contribution in [0.25, 0.3) is 0 Å². The lowest BCUT2D eigenvalue weighted by Crippen LogP contribution is -2.34. The Morgan fingerprint density at radius 2 is 2.21 bits per heavy atom. The minimum absolute atomic E-state index is 0.182. The fraction of sp³-hybridized carbons (Fsp3) is 0.615. The van der Waals surface area contributed by atoms with Gasteiger partial charge in [0.15, 0.2) is 0 Å². The second-order valence-corrected chi connectivity index (χ2v) is 4.86. The Hall–Kier alpha value is -1.85. The Bertz CT molecular complexity index is 456. The number of ether oxygens (including phenoxy) is 1. The lowest BCUT2D eigenvalue weighted by Gasteiger charge is -2.30. The maximum Gasteiger partial charge on any atom is 0.343 e. The summed E-state index contributed by atoms with van der Waals surface area (Å²) in [7, 11) is 0. The number of nitrogen functional groups attached to an aromatic ring is 1. The molecule has 1 aliphatic heterocycles. The molecule has 1 aromatic rings. The van der Waals surface area contributed by atoms with E-state index >= 15 is 0 Å². The number of carbonyl (C=O) groups excluding carboxylic acids is 1. The second kappa shape index (κ2) is 5.86. The maximum atomic E-state index is 11.6. The number of nitrogens with zero attached hydrogens (tertiary/aromatic N) is 3. The van der Waals surface area contributed by atoms with E-state index in [4.69, 9.17) is 10.5 Å². The largest absolute Gasteiger partial charge is 0.462 e. The van der Waals surface area contributed by atoms with E-state index in [1.54, 1.807) is 6.92 Å². The molecule has 1 saturated heterocycles. The van der Waals surface area contributed by atoms with E-state index in [0.29, 0.717) is 12.6 Å². The second-order valence-electron chi connectivity index (χ2n) is 4.86. The van der Waals surface area contributed by atoms with Crippen LogP contribution in [-0.2, 0) is 4.74 Å². The summed E-state index contributed by atoms with van der Waals surface area (Å²) in [5, 5.41) is 0.